The molecule has 1 N–H and O–H groups in total. The van der Waals surface area contributed by atoms with Crippen molar-refractivity contribution in [1.29, 1.82) is 0 Å². The minimum Gasteiger partial charge on any atom is -0.423 e. The predicted octanol–water partition coefficient (Wildman–Crippen LogP) is 5.35. The Bertz CT molecular complexity index is 765. The first-order valence-electron chi connectivity index (χ1n) is 5.93. The molecule has 0 saturated heterocycles. The summed E-state index contributed by atoms with van der Waals surface area (Å²) in [6.07, 6.45) is -4.43. The van der Waals surface area contributed by atoms with Crippen molar-refractivity contribution < 1.29 is 17.6 Å². The van der Waals surface area contributed by atoms with Gasteiger partial charge in [-0.15, -0.1) is 0 Å². The fraction of sp³-hybridized carbons (Fsp3) is 0.0714. The third-order valence-corrected chi connectivity index (χ3v) is 3.51. The maximum absolute atomic E-state index is 12.8. The van der Waals surface area contributed by atoms with Crippen molar-refractivity contribution in [3.8, 4) is 0 Å². The molecule has 7 heteroatoms. The van der Waals surface area contributed by atoms with Crippen LogP contribution < -0.4 is 5.32 Å². The van der Waals surface area contributed by atoms with Crippen LogP contribution in [-0.4, -0.2) is 4.98 Å². The average molecular weight is 357 g/mol. The number of rotatable bonds is 2. The highest BCUT2D eigenvalue weighted by molar-refractivity contribution is 9.10. The minimum atomic E-state index is -4.43. The number of hydrogen-bond donors (Lipinski definition) is 1. The third-order valence-electron chi connectivity index (χ3n) is 2.82. The van der Waals surface area contributed by atoms with Crippen LogP contribution in [0.25, 0.3) is 11.1 Å². The standard InChI is InChI=1S/C14H8BrF3N2O/c15-10-6-5-8(7-9(10)14(16,17)18)19-13-20-11-3-1-2-4-12(11)21-13/h1-7H,(H,19,20). The van der Waals surface area contributed by atoms with Gasteiger partial charge in [-0.3, -0.25) is 0 Å². The molecule has 21 heavy (non-hydrogen) atoms. The zero-order valence-electron chi connectivity index (χ0n) is 10.4. The van der Waals surface area contributed by atoms with Gasteiger partial charge in [0.25, 0.3) is 6.01 Å². The number of nitrogens with one attached hydrogen (secondary N) is 1. The molecule has 3 rings (SSSR count). The van der Waals surface area contributed by atoms with Crippen LogP contribution in [0.5, 0.6) is 0 Å². The first kappa shape index (κ1) is 13.9. The van der Waals surface area contributed by atoms with Gasteiger partial charge in [-0.25, -0.2) is 0 Å². The Morgan fingerprint density at radius 1 is 1.10 bits per heavy atom. The van der Waals surface area contributed by atoms with Crippen molar-refractivity contribution >= 4 is 38.7 Å². The molecule has 1 aromatic heterocycles. The van der Waals surface area contributed by atoms with Crippen molar-refractivity contribution in [1.82, 2.24) is 4.98 Å². The fourth-order valence-corrected chi connectivity index (χ4v) is 2.34. The lowest BCUT2D eigenvalue weighted by atomic mass is 10.2. The van der Waals surface area contributed by atoms with Gasteiger partial charge >= 0.3 is 6.18 Å². The second-order valence-electron chi connectivity index (χ2n) is 4.30. The molecule has 0 aliphatic carbocycles. The van der Waals surface area contributed by atoms with Gasteiger partial charge in [0, 0.05) is 10.2 Å². The highest BCUT2D eigenvalue weighted by atomic mass is 79.9. The average Bonchev–Trinajstić information content (AvgIpc) is 2.82. The molecule has 1 heterocycles. The van der Waals surface area contributed by atoms with E-state index >= 15 is 0 Å². The van der Waals surface area contributed by atoms with Crippen LogP contribution in [-0.2, 0) is 6.18 Å². The molecule has 3 aromatic rings. The summed E-state index contributed by atoms with van der Waals surface area (Å²) in [6, 6.07) is 11.1. The summed E-state index contributed by atoms with van der Waals surface area (Å²) in [4.78, 5) is 4.15. The highest BCUT2D eigenvalue weighted by Crippen LogP contribution is 2.37. The molecule has 3 nitrogen and oxygen atoms in total. The molecule has 108 valence electrons. The van der Waals surface area contributed by atoms with Gasteiger partial charge in [0.1, 0.15) is 5.52 Å². The molecule has 0 saturated carbocycles. The molecule has 0 unspecified atom stereocenters. The molecule has 0 radical (unpaired) electrons. The van der Waals surface area contributed by atoms with E-state index in [1.165, 1.54) is 12.1 Å². The molecule has 0 atom stereocenters. The minimum absolute atomic E-state index is 0.0156. The summed E-state index contributed by atoms with van der Waals surface area (Å²) in [5.74, 6) is 0. The maximum atomic E-state index is 12.8. The van der Waals surface area contributed by atoms with Crippen molar-refractivity contribution in [2.45, 2.75) is 6.18 Å². The van der Waals surface area contributed by atoms with Crippen LogP contribution in [0, 0.1) is 0 Å². The Hall–Kier alpha value is -2.02. The van der Waals surface area contributed by atoms with Crippen LogP contribution in [0.2, 0.25) is 0 Å². The summed E-state index contributed by atoms with van der Waals surface area (Å²) in [5.41, 5.74) is 0.682. The molecule has 0 bridgehead atoms. The van der Waals surface area contributed by atoms with Gasteiger partial charge in [-0.05, 0) is 30.3 Å². The Labute approximate surface area is 125 Å². The molecule has 0 fully saturated rings. The number of halogens is 4. The molecule has 0 amide bonds. The zero-order chi connectivity index (χ0) is 15.0. The van der Waals surface area contributed by atoms with E-state index in [0.29, 0.717) is 11.1 Å². The fourth-order valence-electron chi connectivity index (χ4n) is 1.87. The summed E-state index contributed by atoms with van der Waals surface area (Å²) in [5, 5.41) is 2.73. The van der Waals surface area contributed by atoms with Crippen molar-refractivity contribution in [2.75, 3.05) is 5.32 Å². The second-order valence-corrected chi connectivity index (χ2v) is 5.16. The Balaban J connectivity index is 1.94. The number of aromatic nitrogens is 1. The van der Waals surface area contributed by atoms with Crippen molar-refractivity contribution in [2.24, 2.45) is 0 Å². The van der Waals surface area contributed by atoms with E-state index in [9.17, 15) is 13.2 Å². The van der Waals surface area contributed by atoms with Crippen molar-refractivity contribution in [3.05, 3.63) is 52.5 Å². The number of anilines is 2. The van der Waals surface area contributed by atoms with E-state index in [-0.39, 0.29) is 16.2 Å². The zero-order valence-corrected chi connectivity index (χ0v) is 12.0. The van der Waals surface area contributed by atoms with Gasteiger partial charge in [-0.1, -0.05) is 28.1 Å². The lowest BCUT2D eigenvalue weighted by Crippen LogP contribution is -2.06. The molecular weight excluding hydrogens is 349 g/mol. The van der Waals surface area contributed by atoms with E-state index < -0.39 is 11.7 Å². The van der Waals surface area contributed by atoms with Gasteiger partial charge in [0.2, 0.25) is 0 Å². The van der Waals surface area contributed by atoms with E-state index in [2.05, 4.69) is 26.2 Å². The normalized spacial score (nSPS) is 11.8. The Kier molecular flexibility index (Phi) is 3.36. The van der Waals surface area contributed by atoms with Crippen LogP contribution in [0.3, 0.4) is 0 Å². The number of para-hydroxylation sites is 2. The van der Waals surface area contributed by atoms with Gasteiger partial charge < -0.3 is 9.73 Å². The molecular formula is C14H8BrF3N2O. The van der Waals surface area contributed by atoms with Gasteiger partial charge in [0.05, 0.1) is 5.56 Å². The van der Waals surface area contributed by atoms with Crippen LogP contribution in [0.1, 0.15) is 5.56 Å². The molecule has 0 aliphatic heterocycles. The summed E-state index contributed by atoms with van der Waals surface area (Å²) >= 11 is 2.89. The predicted molar refractivity (Wildman–Crippen MR) is 76.4 cm³/mol. The number of hydrogen-bond acceptors (Lipinski definition) is 3. The van der Waals surface area contributed by atoms with E-state index in [0.717, 1.165) is 6.07 Å². The SMILES string of the molecule is FC(F)(F)c1cc(Nc2nc3ccccc3o2)ccc1Br. The van der Waals surface area contributed by atoms with E-state index in [4.69, 9.17) is 4.42 Å². The van der Waals surface area contributed by atoms with Crippen LogP contribution in [0.4, 0.5) is 24.9 Å². The smallest absolute Gasteiger partial charge is 0.417 e. The summed E-state index contributed by atoms with van der Waals surface area (Å²) in [7, 11) is 0. The van der Waals surface area contributed by atoms with Gasteiger partial charge in [0.15, 0.2) is 5.58 Å². The van der Waals surface area contributed by atoms with E-state index in [1.807, 2.05) is 0 Å². The van der Waals surface area contributed by atoms with Gasteiger partial charge in [-0.2, -0.15) is 18.2 Å². The monoisotopic (exact) mass is 356 g/mol. The topological polar surface area (TPSA) is 38.1 Å². The first-order valence-corrected chi connectivity index (χ1v) is 6.72. The summed E-state index contributed by atoms with van der Waals surface area (Å²) < 4.78 is 43.9. The largest absolute Gasteiger partial charge is 0.423 e. The second kappa shape index (κ2) is 5.07. The number of oxazole rings is 1. The molecule has 0 aliphatic rings. The van der Waals surface area contributed by atoms with Crippen LogP contribution in [0.15, 0.2) is 51.4 Å². The Morgan fingerprint density at radius 2 is 1.86 bits per heavy atom. The first-order chi connectivity index (χ1) is 9.93. The molecule has 2 aromatic carbocycles. The summed E-state index contributed by atoms with van der Waals surface area (Å²) in [6.45, 7) is 0. The quantitative estimate of drug-likeness (QED) is 0.672. The molecule has 0 spiro atoms. The number of benzene rings is 2. The Morgan fingerprint density at radius 3 is 2.57 bits per heavy atom. The van der Waals surface area contributed by atoms with E-state index in [1.54, 1.807) is 24.3 Å². The lowest BCUT2D eigenvalue weighted by Gasteiger charge is -2.11. The van der Waals surface area contributed by atoms with Crippen LogP contribution >= 0.6 is 15.9 Å². The third kappa shape index (κ3) is 2.87. The van der Waals surface area contributed by atoms with Crippen molar-refractivity contribution in [3.63, 3.8) is 0 Å². The number of alkyl halides is 3. The number of fused-ring (bicyclic) bond motifs is 1. The maximum Gasteiger partial charge on any atom is 0.417 e. The number of nitrogens with zero attached hydrogens (tertiary/aromatic N) is 1. The lowest BCUT2D eigenvalue weighted by molar-refractivity contribution is -0.138. The highest BCUT2D eigenvalue weighted by Gasteiger charge is 2.33.